The molecule has 0 N–H and O–H groups in total. The number of ether oxygens (including phenoxy) is 2. The topological polar surface area (TPSA) is 74.2 Å². The summed E-state index contributed by atoms with van der Waals surface area (Å²) in [5.41, 5.74) is -0.542. The van der Waals surface area contributed by atoms with Gasteiger partial charge in [-0.2, -0.15) is 0 Å². The van der Waals surface area contributed by atoms with E-state index in [1.165, 1.54) is 0 Å². The Morgan fingerprint density at radius 2 is 1.73 bits per heavy atom. The first-order chi connectivity index (χ1) is 10.3. The van der Waals surface area contributed by atoms with Crippen LogP contribution in [0.4, 0.5) is 0 Å². The van der Waals surface area contributed by atoms with Crippen LogP contribution in [0.15, 0.2) is 5.16 Å². The van der Waals surface area contributed by atoms with Crippen molar-refractivity contribution < 1.29 is 23.9 Å². The van der Waals surface area contributed by atoms with Crippen molar-refractivity contribution >= 4 is 17.7 Å². The highest BCUT2D eigenvalue weighted by atomic mass is 16.6. The predicted molar refractivity (Wildman–Crippen MR) is 80.2 cm³/mol. The third-order valence-corrected chi connectivity index (χ3v) is 4.31. The Bertz CT molecular complexity index is 473. The van der Waals surface area contributed by atoms with Crippen LogP contribution in [0.3, 0.4) is 0 Å². The molecule has 1 fully saturated rings. The fraction of sp³-hybridized carbons (Fsp3) is 0.812. The molecule has 1 aliphatic carbocycles. The Morgan fingerprint density at radius 3 is 2.18 bits per heavy atom. The molecule has 22 heavy (non-hydrogen) atoms. The Morgan fingerprint density at radius 1 is 1.18 bits per heavy atom. The lowest BCUT2D eigenvalue weighted by molar-refractivity contribution is -0.172. The summed E-state index contributed by atoms with van der Waals surface area (Å²) in [6.45, 7) is 10.1. The van der Waals surface area contributed by atoms with Crippen LogP contribution < -0.4 is 0 Å². The maximum atomic E-state index is 12.5. The largest absolute Gasteiger partial charge is 0.465 e. The van der Waals surface area contributed by atoms with Crippen molar-refractivity contribution in [1.29, 1.82) is 0 Å². The average molecular weight is 311 g/mol. The molecule has 124 valence electrons. The van der Waals surface area contributed by atoms with E-state index in [4.69, 9.17) is 14.3 Å². The zero-order chi connectivity index (χ0) is 16.5. The van der Waals surface area contributed by atoms with Crippen molar-refractivity contribution in [3.8, 4) is 0 Å². The summed E-state index contributed by atoms with van der Waals surface area (Å²) in [6, 6.07) is 0. The molecule has 0 amide bonds. The number of rotatable bonds is 4. The summed E-state index contributed by atoms with van der Waals surface area (Å²) in [6.07, 6.45) is 0.340. The SMILES string of the molecule is CCOC(=O)C1(C(=O)OCC)CC2ON=C(C(C)(C)C)C2C1. The van der Waals surface area contributed by atoms with Gasteiger partial charge in [-0.3, -0.25) is 9.59 Å². The lowest BCUT2D eigenvalue weighted by Gasteiger charge is -2.26. The number of nitrogens with zero attached hydrogens (tertiary/aromatic N) is 1. The molecular weight excluding hydrogens is 286 g/mol. The highest BCUT2D eigenvalue weighted by Crippen LogP contribution is 2.50. The van der Waals surface area contributed by atoms with Gasteiger partial charge in [-0.05, 0) is 20.3 Å². The zero-order valence-corrected chi connectivity index (χ0v) is 14.0. The summed E-state index contributed by atoms with van der Waals surface area (Å²) < 4.78 is 10.3. The van der Waals surface area contributed by atoms with Crippen LogP contribution in [-0.2, 0) is 23.9 Å². The summed E-state index contributed by atoms with van der Waals surface area (Å²) in [7, 11) is 0. The Kier molecular flexibility index (Phi) is 4.49. The summed E-state index contributed by atoms with van der Waals surface area (Å²) in [5, 5.41) is 4.18. The lowest BCUT2D eigenvalue weighted by atomic mass is 9.78. The Labute approximate surface area is 131 Å². The van der Waals surface area contributed by atoms with Gasteiger partial charge in [0.1, 0.15) is 6.10 Å². The van der Waals surface area contributed by atoms with E-state index in [1.54, 1.807) is 13.8 Å². The molecule has 0 aromatic rings. The predicted octanol–water partition coefficient (Wildman–Crippen LogP) is 2.31. The first-order valence-electron chi connectivity index (χ1n) is 7.85. The van der Waals surface area contributed by atoms with Crippen molar-refractivity contribution in [2.24, 2.45) is 21.9 Å². The Hall–Kier alpha value is -1.59. The maximum absolute atomic E-state index is 12.5. The van der Waals surface area contributed by atoms with Gasteiger partial charge in [0.25, 0.3) is 0 Å². The van der Waals surface area contributed by atoms with E-state index in [-0.39, 0.29) is 37.1 Å². The molecule has 0 saturated heterocycles. The molecule has 0 spiro atoms. The fourth-order valence-electron chi connectivity index (χ4n) is 3.30. The number of carbonyl (C=O) groups is 2. The average Bonchev–Trinajstić information content (AvgIpc) is 2.95. The lowest BCUT2D eigenvalue weighted by Crippen LogP contribution is -2.41. The van der Waals surface area contributed by atoms with Gasteiger partial charge in [-0.25, -0.2) is 0 Å². The van der Waals surface area contributed by atoms with Crippen molar-refractivity contribution in [3.05, 3.63) is 0 Å². The molecule has 0 bridgehead atoms. The van der Waals surface area contributed by atoms with Gasteiger partial charge in [-0.15, -0.1) is 0 Å². The van der Waals surface area contributed by atoms with Crippen LogP contribution in [0, 0.1) is 16.7 Å². The molecule has 0 radical (unpaired) electrons. The molecule has 1 saturated carbocycles. The monoisotopic (exact) mass is 311 g/mol. The molecule has 0 aromatic carbocycles. The van der Waals surface area contributed by atoms with Crippen LogP contribution in [-0.4, -0.2) is 37.0 Å². The second kappa shape index (κ2) is 5.89. The van der Waals surface area contributed by atoms with E-state index < -0.39 is 17.4 Å². The minimum atomic E-state index is -1.27. The quantitative estimate of drug-likeness (QED) is 0.588. The van der Waals surface area contributed by atoms with E-state index in [1.807, 2.05) is 20.8 Å². The highest BCUT2D eigenvalue weighted by molar-refractivity contribution is 6.03. The molecule has 6 nitrogen and oxygen atoms in total. The Balaban J connectivity index is 2.30. The number of oxime groups is 1. The van der Waals surface area contributed by atoms with Gasteiger partial charge in [0.15, 0.2) is 5.41 Å². The van der Waals surface area contributed by atoms with Crippen molar-refractivity contribution in [2.45, 2.75) is 53.6 Å². The molecule has 1 aliphatic heterocycles. The molecule has 0 aromatic heterocycles. The van der Waals surface area contributed by atoms with Crippen molar-refractivity contribution in [3.63, 3.8) is 0 Å². The van der Waals surface area contributed by atoms with E-state index in [0.717, 1.165) is 5.71 Å². The smallest absolute Gasteiger partial charge is 0.323 e. The number of fused-ring (bicyclic) bond motifs is 1. The molecule has 2 atom stereocenters. The van der Waals surface area contributed by atoms with E-state index in [2.05, 4.69) is 5.16 Å². The van der Waals surface area contributed by atoms with Crippen molar-refractivity contribution in [2.75, 3.05) is 13.2 Å². The minimum Gasteiger partial charge on any atom is -0.465 e. The van der Waals surface area contributed by atoms with Gasteiger partial charge >= 0.3 is 11.9 Å². The van der Waals surface area contributed by atoms with Gasteiger partial charge in [0, 0.05) is 17.8 Å². The highest BCUT2D eigenvalue weighted by Gasteiger charge is 2.62. The van der Waals surface area contributed by atoms with Gasteiger partial charge in [0.05, 0.1) is 18.9 Å². The normalized spacial score (nSPS) is 26.0. The molecule has 2 unspecified atom stereocenters. The second-order valence-electron chi connectivity index (χ2n) is 6.91. The first kappa shape index (κ1) is 16.8. The summed E-state index contributed by atoms with van der Waals surface area (Å²) in [5.74, 6) is -1.08. The van der Waals surface area contributed by atoms with E-state index in [0.29, 0.717) is 6.42 Å². The minimum absolute atomic E-state index is 0.0474. The van der Waals surface area contributed by atoms with Crippen LogP contribution in [0.25, 0.3) is 0 Å². The maximum Gasteiger partial charge on any atom is 0.323 e. The van der Waals surface area contributed by atoms with E-state index >= 15 is 0 Å². The fourth-order valence-corrected chi connectivity index (χ4v) is 3.30. The first-order valence-corrected chi connectivity index (χ1v) is 7.85. The van der Waals surface area contributed by atoms with Gasteiger partial charge < -0.3 is 14.3 Å². The number of esters is 2. The molecule has 2 rings (SSSR count). The number of hydrogen-bond donors (Lipinski definition) is 0. The second-order valence-corrected chi connectivity index (χ2v) is 6.91. The van der Waals surface area contributed by atoms with Gasteiger partial charge in [0.2, 0.25) is 0 Å². The summed E-state index contributed by atoms with van der Waals surface area (Å²) >= 11 is 0. The number of carbonyl (C=O) groups excluding carboxylic acids is 2. The number of hydrogen-bond acceptors (Lipinski definition) is 6. The molecule has 1 heterocycles. The molecule has 2 aliphatic rings. The van der Waals surface area contributed by atoms with Crippen LogP contribution in [0.2, 0.25) is 0 Å². The third kappa shape index (κ3) is 2.71. The van der Waals surface area contributed by atoms with Crippen LogP contribution >= 0.6 is 0 Å². The summed E-state index contributed by atoms with van der Waals surface area (Å²) in [4.78, 5) is 30.4. The van der Waals surface area contributed by atoms with Crippen LogP contribution in [0.5, 0.6) is 0 Å². The molecule has 6 heteroatoms. The van der Waals surface area contributed by atoms with Crippen molar-refractivity contribution in [1.82, 2.24) is 0 Å². The van der Waals surface area contributed by atoms with E-state index in [9.17, 15) is 9.59 Å². The third-order valence-electron chi connectivity index (χ3n) is 4.31. The zero-order valence-electron chi connectivity index (χ0n) is 14.0. The standard InChI is InChI=1S/C16H25NO5/c1-6-20-13(18)16(14(19)21-7-2)8-10-11(9-16)22-17-12(10)15(3,4)5/h10-11H,6-9H2,1-5H3. The van der Waals surface area contributed by atoms with Crippen LogP contribution in [0.1, 0.15) is 47.5 Å². The molecular formula is C16H25NO5. The van der Waals surface area contributed by atoms with Gasteiger partial charge in [-0.1, -0.05) is 25.9 Å².